The molecule has 0 aliphatic heterocycles. The maximum absolute atomic E-state index is 10.8. The standard InChI is InChI=1S/C12H10O7/c13-11(14)9-7(1-3-18-9)5-17-6-8-2-4-19-10(8)12(15)16/h1-4H,5-6H2,(H,13,14)(H,15,16). The average Bonchev–Trinajstić information content (AvgIpc) is 2.96. The molecule has 0 aromatic carbocycles. The summed E-state index contributed by atoms with van der Waals surface area (Å²) in [6.45, 7) is 0.00471. The first-order valence-corrected chi connectivity index (χ1v) is 5.26. The minimum atomic E-state index is -1.18. The molecule has 100 valence electrons. The van der Waals surface area contributed by atoms with E-state index in [1.165, 1.54) is 24.7 Å². The molecule has 2 rings (SSSR count). The van der Waals surface area contributed by atoms with E-state index in [1.807, 2.05) is 0 Å². The largest absolute Gasteiger partial charge is 0.475 e. The summed E-state index contributed by atoms with van der Waals surface area (Å²) in [6, 6.07) is 2.97. The molecule has 0 atom stereocenters. The van der Waals surface area contributed by atoms with Crippen LogP contribution in [0.25, 0.3) is 0 Å². The van der Waals surface area contributed by atoms with Gasteiger partial charge in [0.1, 0.15) is 0 Å². The molecule has 0 spiro atoms. The van der Waals surface area contributed by atoms with Gasteiger partial charge in [0, 0.05) is 11.1 Å². The molecule has 2 N–H and O–H groups in total. The van der Waals surface area contributed by atoms with Gasteiger partial charge in [0.2, 0.25) is 11.5 Å². The molecule has 0 amide bonds. The fourth-order valence-electron chi connectivity index (χ4n) is 1.54. The van der Waals surface area contributed by atoms with E-state index in [2.05, 4.69) is 0 Å². The molecule has 0 saturated heterocycles. The summed E-state index contributed by atoms with van der Waals surface area (Å²) in [6.07, 6.45) is 2.51. The van der Waals surface area contributed by atoms with Crippen LogP contribution >= 0.6 is 0 Å². The Labute approximate surface area is 107 Å². The molecule has 7 heteroatoms. The van der Waals surface area contributed by atoms with E-state index in [9.17, 15) is 9.59 Å². The Bertz CT molecular complexity index is 540. The Balaban J connectivity index is 1.97. The third kappa shape index (κ3) is 2.83. The molecule has 2 aromatic rings. The molecule has 0 bridgehead atoms. The SMILES string of the molecule is O=C(O)c1occc1COCc1ccoc1C(=O)O. The third-order valence-corrected chi connectivity index (χ3v) is 2.40. The van der Waals surface area contributed by atoms with Gasteiger partial charge in [-0.25, -0.2) is 9.59 Å². The quantitative estimate of drug-likeness (QED) is 0.822. The van der Waals surface area contributed by atoms with Crippen LogP contribution in [0.2, 0.25) is 0 Å². The van der Waals surface area contributed by atoms with Gasteiger partial charge in [-0.3, -0.25) is 0 Å². The fourth-order valence-corrected chi connectivity index (χ4v) is 1.54. The number of aromatic carboxylic acids is 2. The van der Waals surface area contributed by atoms with E-state index in [0.717, 1.165) is 0 Å². The zero-order valence-electron chi connectivity index (χ0n) is 9.66. The van der Waals surface area contributed by atoms with Crippen LogP contribution in [0.1, 0.15) is 32.2 Å². The predicted molar refractivity (Wildman–Crippen MR) is 59.8 cm³/mol. The second-order valence-electron chi connectivity index (χ2n) is 3.65. The second kappa shape index (κ2) is 5.40. The maximum Gasteiger partial charge on any atom is 0.372 e. The fraction of sp³-hybridized carbons (Fsp3) is 0.167. The number of furan rings is 2. The lowest BCUT2D eigenvalue weighted by Gasteiger charge is -2.02. The van der Waals surface area contributed by atoms with Crippen molar-refractivity contribution in [3.05, 3.63) is 47.3 Å². The van der Waals surface area contributed by atoms with E-state index in [4.69, 9.17) is 23.8 Å². The molecule has 0 unspecified atom stereocenters. The first-order chi connectivity index (χ1) is 9.09. The Morgan fingerprint density at radius 1 is 0.947 bits per heavy atom. The van der Waals surface area contributed by atoms with E-state index >= 15 is 0 Å². The number of ether oxygens (including phenoxy) is 1. The average molecular weight is 266 g/mol. The molecular formula is C12H10O7. The Hall–Kier alpha value is -2.54. The van der Waals surface area contributed by atoms with Crippen molar-refractivity contribution in [3.63, 3.8) is 0 Å². The highest BCUT2D eigenvalue weighted by Gasteiger charge is 2.16. The van der Waals surface area contributed by atoms with Crippen LogP contribution in [0.5, 0.6) is 0 Å². The summed E-state index contributed by atoms with van der Waals surface area (Å²) in [5.74, 6) is -2.74. The summed E-state index contributed by atoms with van der Waals surface area (Å²) in [7, 11) is 0. The number of carboxylic acids is 2. The zero-order valence-corrected chi connectivity index (χ0v) is 9.66. The van der Waals surface area contributed by atoms with Crippen molar-refractivity contribution in [2.24, 2.45) is 0 Å². The van der Waals surface area contributed by atoms with Gasteiger partial charge in [-0.15, -0.1) is 0 Å². The van der Waals surface area contributed by atoms with Gasteiger partial charge < -0.3 is 23.8 Å². The van der Waals surface area contributed by atoms with Gasteiger partial charge in [0.15, 0.2) is 0 Å². The van der Waals surface area contributed by atoms with Gasteiger partial charge in [-0.05, 0) is 12.1 Å². The van der Waals surface area contributed by atoms with E-state index in [1.54, 1.807) is 0 Å². The first-order valence-electron chi connectivity index (χ1n) is 5.26. The number of rotatable bonds is 6. The normalized spacial score (nSPS) is 10.5. The summed E-state index contributed by atoms with van der Waals surface area (Å²) < 4.78 is 14.8. The van der Waals surface area contributed by atoms with Gasteiger partial charge >= 0.3 is 11.9 Å². The van der Waals surface area contributed by atoms with Gasteiger partial charge in [-0.2, -0.15) is 0 Å². The van der Waals surface area contributed by atoms with Crippen LogP contribution in [0.4, 0.5) is 0 Å². The van der Waals surface area contributed by atoms with Gasteiger partial charge in [0.25, 0.3) is 0 Å². The van der Waals surface area contributed by atoms with Crippen molar-refractivity contribution in [2.75, 3.05) is 0 Å². The maximum atomic E-state index is 10.8. The van der Waals surface area contributed by atoms with Crippen LogP contribution in [-0.2, 0) is 18.0 Å². The molecule has 2 heterocycles. The topological polar surface area (TPSA) is 110 Å². The van der Waals surface area contributed by atoms with Crippen molar-refractivity contribution in [2.45, 2.75) is 13.2 Å². The molecule has 2 aromatic heterocycles. The van der Waals surface area contributed by atoms with Crippen LogP contribution in [0.15, 0.2) is 33.5 Å². The van der Waals surface area contributed by atoms with E-state index in [-0.39, 0.29) is 24.7 Å². The predicted octanol–water partition coefficient (Wildman–Crippen LogP) is 1.99. The first kappa shape index (κ1) is 12.9. The molecule has 0 radical (unpaired) electrons. The summed E-state index contributed by atoms with van der Waals surface area (Å²) in [5.41, 5.74) is 0.765. The minimum Gasteiger partial charge on any atom is -0.475 e. The minimum absolute atomic E-state index is 0.00235. The van der Waals surface area contributed by atoms with Crippen molar-refractivity contribution in [1.82, 2.24) is 0 Å². The second-order valence-corrected chi connectivity index (χ2v) is 3.65. The van der Waals surface area contributed by atoms with E-state index < -0.39 is 11.9 Å². The highest BCUT2D eigenvalue weighted by atomic mass is 16.5. The van der Waals surface area contributed by atoms with Crippen molar-refractivity contribution in [1.29, 1.82) is 0 Å². The Morgan fingerprint density at radius 3 is 1.74 bits per heavy atom. The summed E-state index contributed by atoms with van der Waals surface area (Å²) >= 11 is 0. The molecule has 0 aliphatic rings. The molecule has 0 aliphatic carbocycles. The van der Waals surface area contributed by atoms with Crippen LogP contribution in [0.3, 0.4) is 0 Å². The number of hydrogen-bond acceptors (Lipinski definition) is 5. The Morgan fingerprint density at radius 2 is 1.37 bits per heavy atom. The Kier molecular flexibility index (Phi) is 3.67. The van der Waals surface area contributed by atoms with Crippen LogP contribution in [0, 0.1) is 0 Å². The summed E-state index contributed by atoms with van der Waals surface area (Å²) in [4.78, 5) is 21.6. The van der Waals surface area contributed by atoms with Gasteiger partial charge in [0.05, 0.1) is 25.7 Å². The lowest BCUT2D eigenvalue weighted by molar-refractivity contribution is 0.0641. The van der Waals surface area contributed by atoms with Gasteiger partial charge in [-0.1, -0.05) is 0 Å². The highest BCUT2D eigenvalue weighted by Crippen LogP contribution is 2.15. The molecule has 0 fully saturated rings. The molecule has 0 saturated carbocycles. The van der Waals surface area contributed by atoms with E-state index in [0.29, 0.717) is 11.1 Å². The van der Waals surface area contributed by atoms with Crippen LogP contribution in [-0.4, -0.2) is 22.2 Å². The smallest absolute Gasteiger partial charge is 0.372 e. The highest BCUT2D eigenvalue weighted by molar-refractivity contribution is 5.86. The lowest BCUT2D eigenvalue weighted by atomic mass is 10.2. The lowest BCUT2D eigenvalue weighted by Crippen LogP contribution is -2.03. The number of hydrogen-bond donors (Lipinski definition) is 2. The zero-order chi connectivity index (χ0) is 13.8. The summed E-state index contributed by atoms with van der Waals surface area (Å²) in [5, 5.41) is 17.6. The van der Waals surface area contributed by atoms with Crippen molar-refractivity contribution in [3.8, 4) is 0 Å². The number of carbonyl (C=O) groups is 2. The third-order valence-electron chi connectivity index (χ3n) is 2.40. The van der Waals surface area contributed by atoms with Crippen LogP contribution < -0.4 is 0 Å². The molecular weight excluding hydrogens is 256 g/mol. The monoisotopic (exact) mass is 266 g/mol. The van der Waals surface area contributed by atoms with Crippen molar-refractivity contribution >= 4 is 11.9 Å². The molecule has 7 nitrogen and oxygen atoms in total. The van der Waals surface area contributed by atoms with Crippen molar-refractivity contribution < 1.29 is 33.4 Å². The number of carboxylic acid groups (broad SMARTS) is 2. The molecule has 19 heavy (non-hydrogen) atoms.